The molecule has 3 atom stereocenters. The Labute approximate surface area is 135 Å². The molecule has 0 aromatic heterocycles. The molecule has 2 aliphatic carbocycles. The van der Waals surface area contributed by atoms with E-state index in [1.54, 1.807) is 11.1 Å². The lowest BCUT2D eigenvalue weighted by molar-refractivity contribution is -0.0790. The van der Waals surface area contributed by atoms with Crippen LogP contribution >= 0.6 is 0 Å². The van der Waals surface area contributed by atoms with Gasteiger partial charge in [-0.3, -0.25) is 4.90 Å². The van der Waals surface area contributed by atoms with Crippen LogP contribution in [0.4, 0.5) is 0 Å². The van der Waals surface area contributed by atoms with E-state index in [0.717, 1.165) is 18.0 Å². The molecule has 0 bridgehead atoms. The summed E-state index contributed by atoms with van der Waals surface area (Å²) in [4.78, 5) is 2.95. The van der Waals surface area contributed by atoms with Gasteiger partial charge in [0.25, 0.3) is 0 Å². The van der Waals surface area contributed by atoms with Gasteiger partial charge in [0.2, 0.25) is 0 Å². The Morgan fingerprint density at radius 3 is 2.68 bits per heavy atom. The quantitative estimate of drug-likeness (QED) is 0.643. The fourth-order valence-electron chi connectivity index (χ4n) is 6.71. The number of benzene rings is 1. The summed E-state index contributed by atoms with van der Waals surface area (Å²) in [7, 11) is 0. The first-order valence-electron chi connectivity index (χ1n) is 9.71. The van der Waals surface area contributed by atoms with Gasteiger partial charge in [-0.1, -0.05) is 49.9 Å². The molecule has 1 saturated heterocycles. The van der Waals surface area contributed by atoms with Crippen LogP contribution in [0, 0.1) is 11.3 Å². The average Bonchev–Trinajstić information content (AvgIpc) is 3.04. The molecule has 1 nitrogen and oxygen atoms in total. The van der Waals surface area contributed by atoms with E-state index in [4.69, 9.17) is 0 Å². The molecule has 1 aromatic rings. The fourth-order valence-corrected chi connectivity index (χ4v) is 6.71. The predicted molar refractivity (Wildman–Crippen MR) is 90.9 cm³/mol. The van der Waals surface area contributed by atoms with E-state index in [-0.39, 0.29) is 0 Å². The zero-order chi connectivity index (χ0) is 14.6. The molecule has 2 saturated carbocycles. The predicted octanol–water partition coefficient (Wildman–Crippen LogP) is 5.11. The Hall–Kier alpha value is -0.820. The number of rotatable bonds is 0. The zero-order valence-electron chi connectivity index (χ0n) is 13.8. The van der Waals surface area contributed by atoms with E-state index in [1.807, 2.05) is 0 Å². The molecule has 3 fully saturated rings. The molecule has 1 heteroatoms. The molecule has 0 amide bonds. The summed E-state index contributed by atoms with van der Waals surface area (Å²) >= 11 is 0. The Bertz CT molecular complexity index is 557. The van der Waals surface area contributed by atoms with Gasteiger partial charge >= 0.3 is 0 Å². The second kappa shape index (κ2) is 5.09. The van der Waals surface area contributed by atoms with E-state index >= 15 is 0 Å². The minimum atomic E-state index is 0.705. The summed E-state index contributed by atoms with van der Waals surface area (Å²) in [6, 6.07) is 11.0. The van der Waals surface area contributed by atoms with E-state index in [9.17, 15) is 0 Å². The van der Waals surface area contributed by atoms with Gasteiger partial charge in [-0.15, -0.1) is 0 Å². The number of hydrogen-bond donors (Lipinski definition) is 0. The van der Waals surface area contributed by atoms with Crippen molar-refractivity contribution in [2.75, 3.05) is 6.54 Å². The van der Waals surface area contributed by atoms with Gasteiger partial charge in [0.05, 0.1) is 0 Å². The van der Waals surface area contributed by atoms with Gasteiger partial charge < -0.3 is 0 Å². The normalized spacial score (nSPS) is 36.6. The van der Waals surface area contributed by atoms with Gasteiger partial charge in [-0.2, -0.15) is 0 Å². The topological polar surface area (TPSA) is 3.24 Å². The van der Waals surface area contributed by atoms with Gasteiger partial charge in [0.1, 0.15) is 0 Å². The number of piperidine rings is 1. The van der Waals surface area contributed by atoms with Crippen molar-refractivity contribution < 1.29 is 0 Å². The molecule has 0 radical (unpaired) electrons. The standard InChI is InChI=1S/C21H29N/c1-2-8-17-16(7-1)11-14-22-19-10-4-3-9-18(19)21(15-20(17)22)12-5-6-13-21/h1-2,7-8,18-20H,3-6,9-15H2. The summed E-state index contributed by atoms with van der Waals surface area (Å²) in [5, 5.41) is 0. The molecule has 22 heavy (non-hydrogen) atoms. The summed E-state index contributed by atoms with van der Waals surface area (Å²) in [5.74, 6) is 1.02. The molecule has 1 spiro atoms. The molecular formula is C21H29N. The third kappa shape index (κ3) is 1.87. The highest BCUT2D eigenvalue weighted by atomic mass is 15.2. The first-order chi connectivity index (χ1) is 10.9. The number of hydrogen-bond acceptors (Lipinski definition) is 1. The van der Waals surface area contributed by atoms with Crippen LogP contribution in [-0.4, -0.2) is 17.5 Å². The lowest BCUT2D eigenvalue weighted by Crippen LogP contribution is -2.57. The molecule has 5 rings (SSSR count). The SMILES string of the molecule is c1ccc2c(c1)CCN1C2CC2(CCCC2)C2CCCCC21. The first-order valence-corrected chi connectivity index (χ1v) is 9.71. The summed E-state index contributed by atoms with van der Waals surface area (Å²) in [6.45, 7) is 1.32. The third-order valence-electron chi connectivity index (χ3n) is 7.60. The summed E-state index contributed by atoms with van der Waals surface area (Å²) < 4.78 is 0. The van der Waals surface area contributed by atoms with Crippen LogP contribution in [0.15, 0.2) is 24.3 Å². The van der Waals surface area contributed by atoms with Crippen LogP contribution < -0.4 is 0 Å². The van der Waals surface area contributed by atoms with Crippen LogP contribution in [0.25, 0.3) is 0 Å². The van der Waals surface area contributed by atoms with Crippen molar-refractivity contribution in [3.05, 3.63) is 35.4 Å². The van der Waals surface area contributed by atoms with E-state index < -0.39 is 0 Å². The first kappa shape index (κ1) is 13.6. The Balaban J connectivity index is 1.58. The van der Waals surface area contributed by atoms with Gasteiger partial charge in [-0.25, -0.2) is 0 Å². The Morgan fingerprint density at radius 2 is 1.77 bits per heavy atom. The van der Waals surface area contributed by atoms with Gasteiger partial charge in [0.15, 0.2) is 0 Å². The maximum absolute atomic E-state index is 2.95. The second-order valence-electron chi connectivity index (χ2n) is 8.43. The third-order valence-corrected chi connectivity index (χ3v) is 7.60. The highest BCUT2D eigenvalue weighted by Crippen LogP contribution is 2.60. The van der Waals surface area contributed by atoms with Crippen molar-refractivity contribution in [3.8, 4) is 0 Å². The van der Waals surface area contributed by atoms with Crippen molar-refractivity contribution in [2.45, 2.75) is 76.3 Å². The van der Waals surface area contributed by atoms with Gasteiger partial charge in [0, 0.05) is 18.6 Å². The van der Waals surface area contributed by atoms with Crippen molar-refractivity contribution >= 4 is 0 Å². The molecule has 0 N–H and O–H groups in total. The smallest absolute Gasteiger partial charge is 0.0359 e. The van der Waals surface area contributed by atoms with Crippen LogP contribution in [0.3, 0.4) is 0 Å². The summed E-state index contributed by atoms with van der Waals surface area (Å²) in [5.41, 5.74) is 4.03. The second-order valence-corrected chi connectivity index (χ2v) is 8.43. The highest BCUT2D eigenvalue weighted by molar-refractivity contribution is 5.34. The van der Waals surface area contributed by atoms with Crippen molar-refractivity contribution in [3.63, 3.8) is 0 Å². The number of fused-ring (bicyclic) bond motifs is 6. The molecule has 3 unspecified atom stereocenters. The average molecular weight is 295 g/mol. The highest BCUT2D eigenvalue weighted by Gasteiger charge is 2.54. The molecular weight excluding hydrogens is 266 g/mol. The van der Waals surface area contributed by atoms with Crippen LogP contribution in [0.2, 0.25) is 0 Å². The van der Waals surface area contributed by atoms with E-state index in [0.29, 0.717) is 5.41 Å². The fraction of sp³-hybridized carbons (Fsp3) is 0.714. The molecule has 1 aromatic carbocycles. The molecule has 4 aliphatic rings. The molecule has 2 aliphatic heterocycles. The minimum Gasteiger partial charge on any atom is -0.293 e. The van der Waals surface area contributed by atoms with Crippen LogP contribution in [0.5, 0.6) is 0 Å². The Morgan fingerprint density at radius 1 is 0.955 bits per heavy atom. The van der Waals surface area contributed by atoms with E-state index in [1.165, 1.54) is 70.8 Å². The minimum absolute atomic E-state index is 0.705. The van der Waals surface area contributed by atoms with Crippen LogP contribution in [-0.2, 0) is 6.42 Å². The zero-order valence-corrected chi connectivity index (χ0v) is 13.8. The van der Waals surface area contributed by atoms with Gasteiger partial charge in [-0.05, 0) is 61.0 Å². The lowest BCUT2D eigenvalue weighted by atomic mass is 9.58. The maximum Gasteiger partial charge on any atom is 0.0359 e. The lowest BCUT2D eigenvalue weighted by Gasteiger charge is -2.59. The number of nitrogens with zero attached hydrogens (tertiary/aromatic N) is 1. The van der Waals surface area contributed by atoms with E-state index in [2.05, 4.69) is 29.2 Å². The summed E-state index contributed by atoms with van der Waals surface area (Å²) in [6.07, 6.45) is 14.8. The monoisotopic (exact) mass is 295 g/mol. The Kier molecular flexibility index (Phi) is 3.15. The van der Waals surface area contributed by atoms with Crippen LogP contribution in [0.1, 0.15) is 75.0 Å². The van der Waals surface area contributed by atoms with Crippen molar-refractivity contribution in [2.24, 2.45) is 11.3 Å². The maximum atomic E-state index is 2.95. The van der Waals surface area contributed by atoms with Crippen molar-refractivity contribution in [1.29, 1.82) is 0 Å². The molecule has 2 heterocycles. The molecule has 118 valence electrons. The van der Waals surface area contributed by atoms with Crippen molar-refractivity contribution in [1.82, 2.24) is 4.90 Å². The largest absolute Gasteiger partial charge is 0.293 e.